The monoisotopic (exact) mass is 324 g/mol. The number of amides is 1. The molecule has 1 rings (SSSR count). The Hall–Kier alpha value is -2.64. The quantitative estimate of drug-likeness (QED) is 0.357. The van der Waals surface area contributed by atoms with Gasteiger partial charge in [0.1, 0.15) is 5.60 Å². The first-order valence-corrected chi connectivity index (χ1v) is 6.94. The third-order valence-electron chi connectivity index (χ3n) is 2.62. The molecular formula is C15H20N2O6. The van der Waals surface area contributed by atoms with E-state index in [1.54, 1.807) is 26.8 Å². The topological polar surface area (TPSA) is 99.0 Å². The summed E-state index contributed by atoms with van der Waals surface area (Å²) in [5, 5.41) is 11.1. The molecule has 0 saturated heterocycles. The van der Waals surface area contributed by atoms with E-state index in [4.69, 9.17) is 9.47 Å². The summed E-state index contributed by atoms with van der Waals surface area (Å²) >= 11 is 0. The molecule has 0 saturated carbocycles. The lowest BCUT2D eigenvalue weighted by Crippen LogP contribution is -2.38. The molecule has 8 nitrogen and oxygen atoms in total. The number of carbonyl (C=O) groups excluding carboxylic acids is 2. The van der Waals surface area contributed by atoms with Crippen LogP contribution in [0.2, 0.25) is 0 Å². The second-order valence-electron chi connectivity index (χ2n) is 5.83. The van der Waals surface area contributed by atoms with Gasteiger partial charge in [-0.1, -0.05) is 18.2 Å². The van der Waals surface area contributed by atoms with Crippen LogP contribution < -0.4 is 0 Å². The maximum Gasteiger partial charge on any atom is 0.413 e. The van der Waals surface area contributed by atoms with Crippen LogP contribution in [0.4, 0.5) is 10.5 Å². The highest BCUT2D eigenvalue weighted by atomic mass is 16.6. The third kappa shape index (κ3) is 6.33. The van der Waals surface area contributed by atoms with Crippen molar-refractivity contribution in [3.63, 3.8) is 0 Å². The SMILES string of the molecule is CC(=O)OCN(Cc1ccccc1[N+](=O)[O-])C(=O)OC(C)(C)C. The minimum Gasteiger partial charge on any atom is -0.444 e. The van der Waals surface area contributed by atoms with Crippen molar-refractivity contribution in [1.29, 1.82) is 0 Å². The molecule has 0 atom stereocenters. The van der Waals surface area contributed by atoms with Gasteiger partial charge in [-0.05, 0) is 20.8 Å². The number of rotatable bonds is 5. The third-order valence-corrected chi connectivity index (χ3v) is 2.62. The average Bonchev–Trinajstić information content (AvgIpc) is 2.41. The molecule has 0 fully saturated rings. The van der Waals surface area contributed by atoms with Crippen LogP contribution >= 0.6 is 0 Å². The highest BCUT2D eigenvalue weighted by Gasteiger charge is 2.25. The fraction of sp³-hybridized carbons (Fsp3) is 0.467. The maximum atomic E-state index is 12.2. The summed E-state index contributed by atoms with van der Waals surface area (Å²) in [4.78, 5) is 34.8. The zero-order valence-electron chi connectivity index (χ0n) is 13.6. The molecule has 0 unspecified atom stereocenters. The largest absolute Gasteiger partial charge is 0.444 e. The summed E-state index contributed by atoms with van der Waals surface area (Å²) in [5.74, 6) is -0.568. The van der Waals surface area contributed by atoms with Crippen LogP contribution in [0.5, 0.6) is 0 Å². The molecule has 1 aromatic carbocycles. The molecule has 0 aliphatic heterocycles. The van der Waals surface area contributed by atoms with Crippen molar-refractivity contribution in [2.24, 2.45) is 0 Å². The molecule has 0 aliphatic rings. The van der Waals surface area contributed by atoms with Crippen LogP contribution in [0.15, 0.2) is 24.3 Å². The Morgan fingerprint density at radius 3 is 2.39 bits per heavy atom. The molecular weight excluding hydrogens is 304 g/mol. The molecule has 0 heterocycles. The molecule has 0 bridgehead atoms. The Balaban J connectivity index is 2.99. The Bertz CT molecular complexity index is 594. The standard InChI is InChI=1S/C15H20N2O6/c1-11(18)22-10-16(14(19)23-15(2,3)4)9-12-7-5-6-8-13(12)17(20)21/h5-8H,9-10H2,1-4H3. The summed E-state index contributed by atoms with van der Waals surface area (Å²) < 4.78 is 10.1. The molecule has 0 spiro atoms. The number of carbonyl (C=O) groups is 2. The Kier molecular flexibility index (Phi) is 6.06. The molecule has 1 amide bonds. The zero-order valence-corrected chi connectivity index (χ0v) is 13.6. The van der Waals surface area contributed by atoms with Gasteiger partial charge in [0.2, 0.25) is 0 Å². The number of ether oxygens (including phenoxy) is 2. The number of benzene rings is 1. The smallest absolute Gasteiger partial charge is 0.413 e. The van der Waals surface area contributed by atoms with Crippen LogP contribution in [-0.2, 0) is 20.8 Å². The second kappa shape index (κ2) is 7.57. The average molecular weight is 324 g/mol. The first kappa shape index (κ1) is 18.4. The van der Waals surface area contributed by atoms with Crippen LogP contribution in [0.3, 0.4) is 0 Å². The minimum atomic E-state index is -0.742. The van der Waals surface area contributed by atoms with Crippen molar-refractivity contribution in [3.05, 3.63) is 39.9 Å². The number of para-hydroxylation sites is 1. The predicted octanol–water partition coefficient (Wildman–Crippen LogP) is 2.85. The van der Waals surface area contributed by atoms with E-state index in [-0.39, 0.29) is 19.0 Å². The van der Waals surface area contributed by atoms with E-state index >= 15 is 0 Å². The van der Waals surface area contributed by atoms with E-state index < -0.39 is 22.6 Å². The fourth-order valence-electron chi connectivity index (χ4n) is 1.69. The number of nitro benzene ring substituents is 1. The van der Waals surface area contributed by atoms with Gasteiger partial charge in [-0.15, -0.1) is 0 Å². The zero-order chi connectivity index (χ0) is 17.6. The van der Waals surface area contributed by atoms with Gasteiger partial charge in [0, 0.05) is 18.6 Å². The van der Waals surface area contributed by atoms with Gasteiger partial charge in [-0.2, -0.15) is 0 Å². The fourth-order valence-corrected chi connectivity index (χ4v) is 1.69. The number of esters is 1. The van der Waals surface area contributed by atoms with E-state index in [2.05, 4.69) is 0 Å². The van der Waals surface area contributed by atoms with E-state index in [1.165, 1.54) is 25.1 Å². The highest BCUT2D eigenvalue weighted by molar-refractivity contribution is 5.69. The maximum absolute atomic E-state index is 12.2. The number of nitrogens with zero attached hydrogens (tertiary/aromatic N) is 2. The van der Waals surface area contributed by atoms with E-state index in [0.29, 0.717) is 5.56 Å². The van der Waals surface area contributed by atoms with Gasteiger partial charge in [0.05, 0.1) is 11.5 Å². The Labute approximate surface area is 134 Å². The summed E-state index contributed by atoms with van der Waals surface area (Å²) in [7, 11) is 0. The van der Waals surface area contributed by atoms with Gasteiger partial charge in [-0.3, -0.25) is 19.8 Å². The normalized spacial score (nSPS) is 10.8. The number of hydrogen-bond acceptors (Lipinski definition) is 6. The Morgan fingerprint density at radius 2 is 1.87 bits per heavy atom. The molecule has 0 aliphatic carbocycles. The summed E-state index contributed by atoms with van der Waals surface area (Å²) in [6.07, 6.45) is -0.725. The van der Waals surface area contributed by atoms with Crippen LogP contribution in [-0.4, -0.2) is 34.2 Å². The van der Waals surface area contributed by atoms with Gasteiger partial charge in [0.25, 0.3) is 5.69 Å². The summed E-state index contributed by atoms with van der Waals surface area (Å²) in [5.41, 5.74) is -0.548. The predicted molar refractivity (Wildman–Crippen MR) is 81.5 cm³/mol. The van der Waals surface area contributed by atoms with Gasteiger partial charge in [-0.25, -0.2) is 4.79 Å². The highest BCUT2D eigenvalue weighted by Crippen LogP contribution is 2.21. The first-order valence-electron chi connectivity index (χ1n) is 6.94. The lowest BCUT2D eigenvalue weighted by atomic mass is 10.1. The van der Waals surface area contributed by atoms with Gasteiger partial charge >= 0.3 is 12.1 Å². The van der Waals surface area contributed by atoms with E-state index in [0.717, 1.165) is 4.90 Å². The van der Waals surface area contributed by atoms with Crippen molar-refractivity contribution in [3.8, 4) is 0 Å². The molecule has 1 aromatic rings. The van der Waals surface area contributed by atoms with Gasteiger partial charge < -0.3 is 9.47 Å². The Morgan fingerprint density at radius 1 is 1.26 bits per heavy atom. The molecule has 126 valence electrons. The number of hydrogen-bond donors (Lipinski definition) is 0. The molecule has 23 heavy (non-hydrogen) atoms. The lowest BCUT2D eigenvalue weighted by molar-refractivity contribution is -0.385. The molecule has 8 heteroatoms. The van der Waals surface area contributed by atoms with Crippen LogP contribution in [0.25, 0.3) is 0 Å². The molecule has 0 radical (unpaired) electrons. The first-order chi connectivity index (χ1) is 10.6. The molecule has 0 N–H and O–H groups in total. The van der Waals surface area contributed by atoms with E-state index in [1.807, 2.05) is 0 Å². The lowest BCUT2D eigenvalue weighted by Gasteiger charge is -2.26. The summed E-state index contributed by atoms with van der Waals surface area (Å²) in [6, 6.07) is 6.03. The van der Waals surface area contributed by atoms with Crippen molar-refractivity contribution < 1.29 is 24.0 Å². The van der Waals surface area contributed by atoms with Crippen molar-refractivity contribution in [2.45, 2.75) is 39.8 Å². The minimum absolute atomic E-state index is 0.112. The van der Waals surface area contributed by atoms with Gasteiger partial charge in [0.15, 0.2) is 6.73 Å². The number of nitro groups is 1. The van der Waals surface area contributed by atoms with Crippen LogP contribution in [0, 0.1) is 10.1 Å². The van der Waals surface area contributed by atoms with Crippen molar-refractivity contribution in [2.75, 3.05) is 6.73 Å². The van der Waals surface area contributed by atoms with Crippen molar-refractivity contribution >= 4 is 17.7 Å². The van der Waals surface area contributed by atoms with Crippen LogP contribution in [0.1, 0.15) is 33.3 Å². The molecule has 0 aromatic heterocycles. The second-order valence-corrected chi connectivity index (χ2v) is 5.83. The van der Waals surface area contributed by atoms with Crippen molar-refractivity contribution in [1.82, 2.24) is 4.90 Å². The summed E-state index contributed by atoms with van der Waals surface area (Å²) in [6.45, 7) is 5.83. The van der Waals surface area contributed by atoms with E-state index in [9.17, 15) is 19.7 Å².